The van der Waals surface area contributed by atoms with Crippen molar-refractivity contribution in [3.05, 3.63) is 42.6 Å². The molecule has 0 saturated carbocycles. The third kappa shape index (κ3) is 3.65. The van der Waals surface area contributed by atoms with E-state index in [0.29, 0.717) is 6.54 Å². The Bertz CT molecular complexity index is 472. The number of benzene rings is 1. The molecule has 1 aliphatic heterocycles. The van der Waals surface area contributed by atoms with Crippen molar-refractivity contribution in [2.75, 3.05) is 0 Å². The molecule has 0 atom stereocenters. The van der Waals surface area contributed by atoms with Gasteiger partial charge in [0.2, 0.25) is 0 Å². The van der Waals surface area contributed by atoms with Gasteiger partial charge in [0.1, 0.15) is 0 Å². The van der Waals surface area contributed by atoms with Crippen LogP contribution in [-0.4, -0.2) is 18.3 Å². The van der Waals surface area contributed by atoms with Crippen LogP contribution in [0.5, 0.6) is 0 Å². The molecule has 1 saturated heterocycles. The second-order valence-corrected chi connectivity index (χ2v) is 6.07. The lowest BCUT2D eigenvalue weighted by Crippen LogP contribution is -2.41. The number of nitrogens with one attached hydrogen (secondary N) is 2. The van der Waals surface area contributed by atoms with Crippen LogP contribution < -0.4 is 16.4 Å². The van der Waals surface area contributed by atoms with Gasteiger partial charge < -0.3 is 9.31 Å². The zero-order valence-corrected chi connectivity index (χ0v) is 13.1. The van der Waals surface area contributed by atoms with E-state index in [4.69, 9.17) is 14.2 Å². The average Bonchev–Trinajstić information content (AvgIpc) is 2.64. The van der Waals surface area contributed by atoms with Crippen molar-refractivity contribution < 1.29 is 14.2 Å². The van der Waals surface area contributed by atoms with E-state index < -0.39 is 0 Å². The Kier molecular flexibility index (Phi) is 4.73. The van der Waals surface area contributed by atoms with Gasteiger partial charge >= 0.3 is 7.12 Å². The lowest BCUT2D eigenvalue weighted by atomic mass is 9.79. The maximum absolute atomic E-state index is 6.02. The molecular formula is C15H23BN2O3. The van der Waals surface area contributed by atoms with Crippen LogP contribution in [0.1, 0.15) is 33.3 Å². The average molecular weight is 290 g/mol. The Labute approximate surface area is 126 Å². The quantitative estimate of drug-likeness (QED) is 0.474. The van der Waals surface area contributed by atoms with Crippen molar-refractivity contribution in [2.24, 2.45) is 0 Å². The molecule has 0 amide bonds. The summed E-state index contributed by atoms with van der Waals surface area (Å²) in [5, 5.41) is 0. The lowest BCUT2D eigenvalue weighted by Gasteiger charge is -2.32. The first-order valence-corrected chi connectivity index (χ1v) is 7.05. The van der Waals surface area contributed by atoms with Crippen LogP contribution in [0.2, 0.25) is 0 Å². The van der Waals surface area contributed by atoms with Crippen LogP contribution in [0.25, 0.3) is 0 Å². The van der Waals surface area contributed by atoms with E-state index in [0.717, 1.165) is 11.0 Å². The molecule has 0 radical (unpaired) electrons. The van der Waals surface area contributed by atoms with Crippen LogP contribution in [0.4, 0.5) is 0 Å². The summed E-state index contributed by atoms with van der Waals surface area (Å²) in [4.78, 5) is 4.90. The maximum Gasteiger partial charge on any atom is 0.494 e. The Morgan fingerprint density at radius 3 is 2.24 bits per heavy atom. The van der Waals surface area contributed by atoms with Gasteiger partial charge in [0, 0.05) is 12.7 Å². The van der Waals surface area contributed by atoms with Gasteiger partial charge in [-0.1, -0.05) is 30.8 Å². The molecule has 2 rings (SSSR count). The maximum atomic E-state index is 6.02. The van der Waals surface area contributed by atoms with E-state index in [1.54, 1.807) is 0 Å². The summed E-state index contributed by atoms with van der Waals surface area (Å²) in [6.45, 7) is 12.3. The highest BCUT2D eigenvalue weighted by Gasteiger charge is 2.51. The highest BCUT2D eigenvalue weighted by Crippen LogP contribution is 2.36. The normalized spacial score (nSPS) is 19.5. The van der Waals surface area contributed by atoms with Crippen molar-refractivity contribution in [3.63, 3.8) is 0 Å². The van der Waals surface area contributed by atoms with Crippen LogP contribution in [0, 0.1) is 0 Å². The standard InChI is InChI=1S/C15H23BN2O3/c1-6-17-21-18-11-12-7-9-13(10-8-12)16-19-14(2,3)15(4,5)20-16/h6-10,17-18H,1,11H2,2-5H3. The molecule has 2 N–H and O–H groups in total. The van der Waals surface area contributed by atoms with E-state index >= 15 is 0 Å². The molecule has 0 aliphatic carbocycles. The summed E-state index contributed by atoms with van der Waals surface area (Å²) in [6, 6.07) is 8.06. The summed E-state index contributed by atoms with van der Waals surface area (Å²) < 4.78 is 12.0. The molecule has 114 valence electrons. The third-order valence-corrected chi connectivity index (χ3v) is 4.00. The van der Waals surface area contributed by atoms with Gasteiger partial charge in [-0.05, 0) is 38.7 Å². The zero-order valence-electron chi connectivity index (χ0n) is 13.1. The summed E-state index contributed by atoms with van der Waals surface area (Å²) >= 11 is 0. The third-order valence-electron chi connectivity index (χ3n) is 4.00. The fraction of sp³-hybridized carbons (Fsp3) is 0.467. The van der Waals surface area contributed by atoms with Crippen LogP contribution in [-0.2, 0) is 20.8 Å². The topological polar surface area (TPSA) is 51.8 Å². The molecule has 1 fully saturated rings. The van der Waals surface area contributed by atoms with Gasteiger partial charge in [-0.3, -0.25) is 5.48 Å². The second kappa shape index (κ2) is 6.19. The van der Waals surface area contributed by atoms with E-state index in [1.165, 1.54) is 6.20 Å². The Balaban J connectivity index is 1.95. The largest absolute Gasteiger partial charge is 0.494 e. The Hall–Kier alpha value is -1.34. The predicted molar refractivity (Wildman–Crippen MR) is 83.4 cm³/mol. The monoisotopic (exact) mass is 290 g/mol. The summed E-state index contributed by atoms with van der Waals surface area (Å²) in [6.07, 6.45) is 1.45. The van der Waals surface area contributed by atoms with E-state index in [-0.39, 0.29) is 18.3 Å². The highest BCUT2D eigenvalue weighted by molar-refractivity contribution is 6.62. The first-order valence-electron chi connectivity index (χ1n) is 7.05. The minimum Gasteiger partial charge on any atom is -0.399 e. The number of hydrogen-bond donors (Lipinski definition) is 2. The highest BCUT2D eigenvalue weighted by atomic mass is 16.8. The molecule has 1 aromatic carbocycles. The summed E-state index contributed by atoms with van der Waals surface area (Å²) in [5.74, 6) is 0. The minimum atomic E-state index is -0.323. The van der Waals surface area contributed by atoms with Crippen molar-refractivity contribution in [2.45, 2.75) is 45.4 Å². The fourth-order valence-electron chi connectivity index (χ4n) is 1.97. The molecule has 1 heterocycles. The van der Waals surface area contributed by atoms with Crippen molar-refractivity contribution in [1.82, 2.24) is 11.0 Å². The molecular weight excluding hydrogens is 267 g/mol. The van der Waals surface area contributed by atoms with Gasteiger partial charge in [-0.25, -0.2) is 0 Å². The van der Waals surface area contributed by atoms with E-state index in [9.17, 15) is 0 Å². The van der Waals surface area contributed by atoms with Crippen molar-refractivity contribution in [1.29, 1.82) is 0 Å². The van der Waals surface area contributed by atoms with Gasteiger partial charge in [-0.2, -0.15) is 10.4 Å². The lowest BCUT2D eigenvalue weighted by molar-refractivity contribution is -0.0182. The van der Waals surface area contributed by atoms with Gasteiger partial charge in [0.05, 0.1) is 11.2 Å². The van der Waals surface area contributed by atoms with Crippen molar-refractivity contribution in [3.8, 4) is 0 Å². The van der Waals surface area contributed by atoms with Crippen LogP contribution >= 0.6 is 0 Å². The second-order valence-electron chi connectivity index (χ2n) is 6.07. The van der Waals surface area contributed by atoms with E-state index in [2.05, 4.69) is 45.2 Å². The summed E-state index contributed by atoms with van der Waals surface area (Å²) in [5.41, 5.74) is 6.76. The van der Waals surface area contributed by atoms with Crippen LogP contribution in [0.3, 0.4) is 0 Å². The first-order chi connectivity index (χ1) is 9.86. The van der Waals surface area contributed by atoms with Crippen LogP contribution in [0.15, 0.2) is 37.0 Å². The SMILES string of the molecule is C=CNONCc1ccc(B2OC(C)(C)C(C)(C)O2)cc1. The minimum absolute atomic E-state index is 0.317. The molecule has 1 aromatic rings. The first kappa shape index (κ1) is 16.0. The Morgan fingerprint density at radius 1 is 1.14 bits per heavy atom. The zero-order chi connectivity index (χ0) is 15.5. The van der Waals surface area contributed by atoms with Gasteiger partial charge in [-0.15, -0.1) is 0 Å². The smallest absolute Gasteiger partial charge is 0.399 e. The number of hydrogen-bond acceptors (Lipinski definition) is 5. The summed E-state index contributed by atoms with van der Waals surface area (Å²) in [7, 11) is -0.323. The molecule has 21 heavy (non-hydrogen) atoms. The molecule has 6 heteroatoms. The van der Waals surface area contributed by atoms with Gasteiger partial charge in [0.25, 0.3) is 0 Å². The molecule has 1 aliphatic rings. The number of hydroxylamine groups is 2. The molecule has 0 aromatic heterocycles. The number of rotatable bonds is 6. The Morgan fingerprint density at radius 2 is 1.71 bits per heavy atom. The molecule has 5 nitrogen and oxygen atoms in total. The fourth-order valence-corrected chi connectivity index (χ4v) is 1.97. The molecule has 0 spiro atoms. The van der Waals surface area contributed by atoms with E-state index in [1.807, 2.05) is 24.3 Å². The molecule has 0 unspecified atom stereocenters. The molecule has 0 bridgehead atoms. The van der Waals surface area contributed by atoms with Crippen molar-refractivity contribution >= 4 is 12.6 Å². The van der Waals surface area contributed by atoms with Gasteiger partial charge in [0.15, 0.2) is 0 Å². The predicted octanol–water partition coefficient (Wildman–Crippen LogP) is 1.66.